The van der Waals surface area contributed by atoms with E-state index in [0.29, 0.717) is 0 Å². The second-order valence-electron chi connectivity index (χ2n) is 2.53. The van der Waals surface area contributed by atoms with Crippen LogP contribution in [0.4, 0.5) is 0 Å². The van der Waals surface area contributed by atoms with Gasteiger partial charge in [0, 0.05) is 0 Å². The molecule has 1 aromatic carbocycles. The molecular formula is C10H12BrO2. The molecule has 0 aliphatic rings. The van der Waals surface area contributed by atoms with Crippen LogP contribution in [0, 0.1) is 6.42 Å². The summed E-state index contributed by atoms with van der Waals surface area (Å²) < 4.78 is 11.3. The summed E-state index contributed by atoms with van der Waals surface area (Å²) in [4.78, 5) is 0. The Balaban J connectivity index is 3.20. The third-order valence-corrected chi connectivity index (χ3v) is 2.38. The van der Waals surface area contributed by atoms with Crippen LogP contribution in [-0.2, 0) is 0 Å². The van der Waals surface area contributed by atoms with Gasteiger partial charge in [-0.05, 0) is 40.0 Å². The van der Waals surface area contributed by atoms with E-state index in [1.54, 1.807) is 14.2 Å². The Morgan fingerprint density at radius 2 is 1.92 bits per heavy atom. The van der Waals surface area contributed by atoms with Gasteiger partial charge in [-0.2, -0.15) is 0 Å². The summed E-state index contributed by atoms with van der Waals surface area (Å²) in [6, 6.07) is 3.92. The first-order chi connectivity index (χ1) is 6.22. The van der Waals surface area contributed by atoms with E-state index < -0.39 is 0 Å². The summed E-state index contributed by atoms with van der Waals surface area (Å²) in [5.41, 5.74) is 1.10. The van der Waals surface area contributed by atoms with Crippen molar-refractivity contribution >= 4 is 15.9 Å². The molecule has 0 saturated heterocycles. The summed E-state index contributed by atoms with van der Waals surface area (Å²) in [5.74, 6) is 1.47. The molecule has 0 spiro atoms. The minimum atomic E-state index is 0.730. The molecule has 0 fully saturated rings. The zero-order valence-corrected chi connectivity index (χ0v) is 9.51. The van der Waals surface area contributed by atoms with E-state index in [0.717, 1.165) is 21.5 Å². The molecule has 71 valence electrons. The van der Waals surface area contributed by atoms with Gasteiger partial charge in [-0.1, -0.05) is 6.92 Å². The van der Waals surface area contributed by atoms with Crippen molar-refractivity contribution in [2.75, 3.05) is 14.2 Å². The van der Waals surface area contributed by atoms with E-state index in [-0.39, 0.29) is 0 Å². The maximum absolute atomic E-state index is 5.18. The maximum Gasteiger partial charge on any atom is 0.174 e. The van der Waals surface area contributed by atoms with Gasteiger partial charge in [0.1, 0.15) is 0 Å². The number of hydrogen-bond acceptors (Lipinski definition) is 2. The Kier molecular flexibility index (Phi) is 3.60. The number of hydrogen-bond donors (Lipinski definition) is 0. The highest BCUT2D eigenvalue weighted by Gasteiger charge is 2.09. The molecule has 0 heterocycles. The average Bonchev–Trinajstić information content (AvgIpc) is 2.16. The molecular weight excluding hydrogens is 232 g/mol. The van der Waals surface area contributed by atoms with Gasteiger partial charge >= 0.3 is 0 Å². The monoisotopic (exact) mass is 243 g/mol. The molecule has 13 heavy (non-hydrogen) atoms. The van der Waals surface area contributed by atoms with E-state index in [1.807, 2.05) is 25.5 Å². The third-order valence-electron chi connectivity index (χ3n) is 1.79. The number of methoxy groups -OCH3 is 2. The SMILES string of the molecule is C[CH]c1cc(Br)c(OC)c(OC)c1. The van der Waals surface area contributed by atoms with Crippen LogP contribution in [0.2, 0.25) is 0 Å². The van der Waals surface area contributed by atoms with Crippen molar-refractivity contribution < 1.29 is 9.47 Å². The highest BCUT2D eigenvalue weighted by Crippen LogP contribution is 2.36. The van der Waals surface area contributed by atoms with Crippen molar-refractivity contribution in [3.8, 4) is 11.5 Å². The number of halogens is 1. The summed E-state index contributed by atoms with van der Waals surface area (Å²) in [5, 5.41) is 0. The molecule has 1 aromatic rings. The van der Waals surface area contributed by atoms with Gasteiger partial charge in [-0.25, -0.2) is 0 Å². The average molecular weight is 244 g/mol. The van der Waals surface area contributed by atoms with Gasteiger partial charge in [-0.15, -0.1) is 0 Å². The third kappa shape index (κ3) is 2.15. The van der Waals surface area contributed by atoms with E-state index in [2.05, 4.69) is 15.9 Å². The molecule has 0 aliphatic carbocycles. The lowest BCUT2D eigenvalue weighted by Gasteiger charge is -2.10. The largest absolute Gasteiger partial charge is 0.493 e. The summed E-state index contributed by atoms with van der Waals surface area (Å²) in [7, 11) is 3.25. The maximum atomic E-state index is 5.18. The summed E-state index contributed by atoms with van der Waals surface area (Å²) in [6.07, 6.45) is 2.01. The standard InChI is InChI=1S/C10H12BrO2/c1-4-7-5-8(11)10(13-3)9(6-7)12-2/h4-6H,1-3H3. The van der Waals surface area contributed by atoms with Crippen LogP contribution < -0.4 is 9.47 Å². The van der Waals surface area contributed by atoms with E-state index in [1.165, 1.54) is 0 Å². The van der Waals surface area contributed by atoms with Crippen molar-refractivity contribution in [1.29, 1.82) is 0 Å². The smallest absolute Gasteiger partial charge is 0.174 e. The fourth-order valence-corrected chi connectivity index (χ4v) is 1.73. The second-order valence-corrected chi connectivity index (χ2v) is 3.38. The van der Waals surface area contributed by atoms with Crippen molar-refractivity contribution in [1.82, 2.24) is 0 Å². The molecule has 0 aromatic heterocycles. The van der Waals surface area contributed by atoms with Gasteiger partial charge in [0.05, 0.1) is 18.7 Å². The van der Waals surface area contributed by atoms with Crippen LogP contribution in [0.3, 0.4) is 0 Å². The minimum Gasteiger partial charge on any atom is -0.493 e. The van der Waals surface area contributed by atoms with Crippen LogP contribution >= 0.6 is 15.9 Å². The first kappa shape index (κ1) is 10.4. The lowest BCUT2D eigenvalue weighted by Crippen LogP contribution is -1.92. The lowest BCUT2D eigenvalue weighted by atomic mass is 10.1. The highest BCUT2D eigenvalue weighted by molar-refractivity contribution is 9.10. The Morgan fingerprint density at radius 3 is 2.38 bits per heavy atom. The lowest BCUT2D eigenvalue weighted by molar-refractivity contribution is 0.353. The molecule has 1 rings (SSSR count). The first-order valence-corrected chi connectivity index (χ1v) is 4.73. The summed E-state index contributed by atoms with van der Waals surface area (Å²) in [6.45, 7) is 1.98. The zero-order chi connectivity index (χ0) is 9.84. The molecule has 0 aliphatic heterocycles. The molecule has 1 radical (unpaired) electrons. The number of ether oxygens (including phenoxy) is 2. The predicted octanol–water partition coefficient (Wildman–Crippen LogP) is 3.04. The molecule has 0 atom stereocenters. The van der Waals surface area contributed by atoms with E-state index in [4.69, 9.17) is 9.47 Å². The van der Waals surface area contributed by atoms with Crippen LogP contribution in [-0.4, -0.2) is 14.2 Å². The van der Waals surface area contributed by atoms with Gasteiger partial charge in [0.25, 0.3) is 0 Å². The highest BCUT2D eigenvalue weighted by atomic mass is 79.9. The topological polar surface area (TPSA) is 18.5 Å². The number of benzene rings is 1. The van der Waals surface area contributed by atoms with Gasteiger partial charge in [0.15, 0.2) is 11.5 Å². The normalized spacial score (nSPS) is 9.85. The van der Waals surface area contributed by atoms with Crippen LogP contribution in [0.15, 0.2) is 16.6 Å². The van der Waals surface area contributed by atoms with Crippen molar-refractivity contribution in [2.45, 2.75) is 6.92 Å². The first-order valence-electron chi connectivity index (χ1n) is 3.93. The molecule has 0 amide bonds. The zero-order valence-electron chi connectivity index (χ0n) is 7.93. The molecule has 0 unspecified atom stereocenters. The van der Waals surface area contributed by atoms with Gasteiger partial charge in [0.2, 0.25) is 0 Å². The minimum absolute atomic E-state index is 0.730. The molecule has 0 bridgehead atoms. The summed E-state index contributed by atoms with van der Waals surface area (Å²) >= 11 is 3.41. The fourth-order valence-electron chi connectivity index (χ4n) is 1.10. The Labute approximate surface area is 87.0 Å². The van der Waals surface area contributed by atoms with Crippen molar-refractivity contribution in [3.05, 3.63) is 28.6 Å². The van der Waals surface area contributed by atoms with Crippen molar-refractivity contribution in [2.24, 2.45) is 0 Å². The predicted molar refractivity (Wildman–Crippen MR) is 56.3 cm³/mol. The Hall–Kier alpha value is -0.700. The van der Waals surface area contributed by atoms with Crippen molar-refractivity contribution in [3.63, 3.8) is 0 Å². The van der Waals surface area contributed by atoms with Crippen LogP contribution in [0.5, 0.6) is 11.5 Å². The Bertz CT molecular complexity index is 297. The molecule has 0 N–H and O–H groups in total. The quantitative estimate of drug-likeness (QED) is 0.813. The number of rotatable bonds is 3. The van der Waals surface area contributed by atoms with Crippen LogP contribution in [0.1, 0.15) is 12.5 Å². The fraction of sp³-hybridized carbons (Fsp3) is 0.300. The molecule has 0 saturated carbocycles. The second kappa shape index (κ2) is 4.51. The molecule has 3 heteroatoms. The van der Waals surface area contributed by atoms with Gasteiger partial charge in [-0.3, -0.25) is 0 Å². The molecule has 2 nitrogen and oxygen atoms in total. The van der Waals surface area contributed by atoms with Crippen LogP contribution in [0.25, 0.3) is 0 Å². The van der Waals surface area contributed by atoms with E-state index >= 15 is 0 Å². The van der Waals surface area contributed by atoms with E-state index in [9.17, 15) is 0 Å². The van der Waals surface area contributed by atoms with Gasteiger partial charge < -0.3 is 9.47 Å². The Morgan fingerprint density at radius 1 is 1.23 bits per heavy atom.